The van der Waals surface area contributed by atoms with Crippen molar-refractivity contribution in [3.63, 3.8) is 0 Å². The van der Waals surface area contributed by atoms with Crippen LogP contribution in [0.2, 0.25) is 0 Å². The van der Waals surface area contributed by atoms with Crippen LogP contribution in [0.1, 0.15) is 5.89 Å². The van der Waals surface area contributed by atoms with Crippen molar-refractivity contribution in [2.24, 2.45) is 0 Å². The number of aromatic nitrogens is 5. The molecule has 0 atom stereocenters. The van der Waals surface area contributed by atoms with E-state index in [-0.39, 0.29) is 5.95 Å². The predicted octanol–water partition coefficient (Wildman–Crippen LogP) is 1.75. The van der Waals surface area contributed by atoms with E-state index in [0.29, 0.717) is 34.1 Å². The predicted molar refractivity (Wildman–Crippen MR) is 83.2 cm³/mol. The fraction of sp³-hybridized carbons (Fsp3) is 0.231. The maximum atomic E-state index is 5.47. The molecule has 0 bridgehead atoms. The Morgan fingerprint density at radius 1 is 1.26 bits per heavy atom. The molecule has 3 N–H and O–H groups in total. The highest BCUT2D eigenvalue weighted by molar-refractivity contribution is 7.98. The third kappa shape index (κ3) is 3.37. The molecular formula is C13H14N6O3S. The minimum absolute atomic E-state index is 0.265. The molecule has 2 heterocycles. The lowest BCUT2D eigenvalue weighted by molar-refractivity contribution is 0.388. The third-order valence-electron chi connectivity index (χ3n) is 2.92. The molecule has 120 valence electrons. The summed E-state index contributed by atoms with van der Waals surface area (Å²) >= 11 is 1.34. The van der Waals surface area contributed by atoms with Gasteiger partial charge in [0.15, 0.2) is 0 Å². The first kappa shape index (κ1) is 15.2. The molecule has 0 unspecified atom stereocenters. The van der Waals surface area contributed by atoms with E-state index in [2.05, 4.69) is 25.3 Å². The quantitative estimate of drug-likeness (QED) is 0.648. The van der Waals surface area contributed by atoms with Crippen molar-refractivity contribution in [3.8, 4) is 22.9 Å². The maximum Gasteiger partial charge on any atom is 0.237 e. The monoisotopic (exact) mass is 334 g/mol. The van der Waals surface area contributed by atoms with E-state index >= 15 is 0 Å². The largest absolute Gasteiger partial charge is 0.497 e. The number of rotatable bonds is 6. The summed E-state index contributed by atoms with van der Waals surface area (Å²) in [4.78, 5) is 8.34. The van der Waals surface area contributed by atoms with E-state index in [1.165, 1.54) is 11.8 Å². The second kappa shape index (κ2) is 6.57. The van der Waals surface area contributed by atoms with Crippen LogP contribution in [-0.4, -0.2) is 39.5 Å². The molecule has 3 aromatic rings. The van der Waals surface area contributed by atoms with Crippen LogP contribution in [0.25, 0.3) is 11.4 Å². The van der Waals surface area contributed by atoms with Crippen molar-refractivity contribution in [1.82, 2.24) is 25.3 Å². The fourth-order valence-corrected chi connectivity index (χ4v) is 2.50. The van der Waals surface area contributed by atoms with Gasteiger partial charge < -0.3 is 19.7 Å². The zero-order chi connectivity index (χ0) is 16.2. The van der Waals surface area contributed by atoms with Gasteiger partial charge in [0.05, 0.1) is 25.5 Å². The Hall–Kier alpha value is -2.75. The minimum atomic E-state index is 0.265. The molecule has 3 rings (SSSR count). The first-order valence-electron chi connectivity index (χ1n) is 6.55. The first-order valence-corrected chi connectivity index (χ1v) is 7.54. The Bertz CT molecular complexity index is 803. The van der Waals surface area contributed by atoms with Crippen LogP contribution in [0.4, 0.5) is 5.95 Å². The van der Waals surface area contributed by atoms with Crippen molar-refractivity contribution in [2.75, 3.05) is 20.0 Å². The normalized spacial score (nSPS) is 10.7. The number of methoxy groups -OCH3 is 2. The molecule has 0 radical (unpaired) electrons. The number of nitrogens with zero attached hydrogens (tertiary/aromatic N) is 4. The number of benzene rings is 1. The van der Waals surface area contributed by atoms with Crippen LogP contribution in [0, 0.1) is 0 Å². The summed E-state index contributed by atoms with van der Waals surface area (Å²) in [5, 5.41) is 11.0. The van der Waals surface area contributed by atoms with E-state index in [4.69, 9.17) is 19.7 Å². The van der Waals surface area contributed by atoms with Crippen LogP contribution in [0.15, 0.2) is 27.9 Å². The van der Waals surface area contributed by atoms with Crippen molar-refractivity contribution < 1.29 is 14.0 Å². The average Bonchev–Trinajstić information content (AvgIpc) is 3.21. The Balaban J connectivity index is 1.76. The standard InChI is InChI=1S/C13H14N6O3S/c1-20-7-3-4-8(9(5-7)21-2)11-15-10(22-19-11)6-23-13-16-12(14)17-18-13/h3-5H,6H2,1-2H3,(H3,14,16,17,18). The molecular weight excluding hydrogens is 320 g/mol. The highest BCUT2D eigenvalue weighted by Crippen LogP contribution is 2.32. The van der Waals surface area contributed by atoms with Crippen molar-refractivity contribution in [1.29, 1.82) is 0 Å². The third-order valence-corrected chi connectivity index (χ3v) is 3.76. The summed E-state index contributed by atoms with van der Waals surface area (Å²) in [5.74, 6) is 2.88. The van der Waals surface area contributed by atoms with E-state index in [1.807, 2.05) is 6.07 Å². The summed E-state index contributed by atoms with van der Waals surface area (Å²) in [5.41, 5.74) is 6.18. The molecule has 9 nitrogen and oxygen atoms in total. The van der Waals surface area contributed by atoms with E-state index in [1.54, 1.807) is 26.4 Å². The van der Waals surface area contributed by atoms with E-state index in [0.717, 1.165) is 5.56 Å². The van der Waals surface area contributed by atoms with Gasteiger partial charge in [-0.1, -0.05) is 16.9 Å². The van der Waals surface area contributed by atoms with Gasteiger partial charge in [-0.05, 0) is 12.1 Å². The Kier molecular flexibility index (Phi) is 4.33. The lowest BCUT2D eigenvalue weighted by Crippen LogP contribution is -1.91. The number of nitrogens with two attached hydrogens (primary N) is 1. The number of hydrogen-bond acceptors (Lipinski definition) is 9. The zero-order valence-electron chi connectivity index (χ0n) is 12.4. The Labute approximate surface area is 135 Å². The van der Waals surface area contributed by atoms with Crippen molar-refractivity contribution in [3.05, 3.63) is 24.1 Å². The van der Waals surface area contributed by atoms with Gasteiger partial charge in [0.25, 0.3) is 0 Å². The molecule has 2 aromatic heterocycles. The second-order valence-corrected chi connectivity index (χ2v) is 5.31. The topological polar surface area (TPSA) is 125 Å². The number of anilines is 1. The summed E-state index contributed by atoms with van der Waals surface area (Å²) in [6.07, 6.45) is 0. The molecule has 0 fully saturated rings. The van der Waals surface area contributed by atoms with Crippen LogP contribution in [0.5, 0.6) is 11.5 Å². The molecule has 10 heteroatoms. The number of H-pyrrole nitrogens is 1. The summed E-state index contributed by atoms with van der Waals surface area (Å²) < 4.78 is 15.7. The molecule has 23 heavy (non-hydrogen) atoms. The van der Waals surface area contributed by atoms with Gasteiger partial charge in [0.2, 0.25) is 22.8 Å². The molecule has 0 aliphatic heterocycles. The van der Waals surface area contributed by atoms with Crippen LogP contribution in [0.3, 0.4) is 0 Å². The van der Waals surface area contributed by atoms with Gasteiger partial charge in [-0.25, -0.2) is 5.10 Å². The van der Waals surface area contributed by atoms with Crippen molar-refractivity contribution in [2.45, 2.75) is 10.9 Å². The van der Waals surface area contributed by atoms with Gasteiger partial charge in [-0.2, -0.15) is 9.97 Å². The maximum absolute atomic E-state index is 5.47. The first-order chi connectivity index (χ1) is 11.2. The van der Waals surface area contributed by atoms with Crippen LogP contribution in [-0.2, 0) is 5.75 Å². The number of nitrogens with one attached hydrogen (secondary N) is 1. The lowest BCUT2D eigenvalue weighted by atomic mass is 10.2. The number of nitrogen functional groups attached to an aromatic ring is 1. The summed E-state index contributed by atoms with van der Waals surface area (Å²) in [6, 6.07) is 5.38. The molecule has 0 amide bonds. The Morgan fingerprint density at radius 3 is 2.83 bits per heavy atom. The molecule has 0 aliphatic rings. The van der Waals surface area contributed by atoms with Crippen molar-refractivity contribution >= 4 is 17.7 Å². The van der Waals surface area contributed by atoms with Gasteiger partial charge in [0.1, 0.15) is 11.5 Å². The lowest BCUT2D eigenvalue weighted by Gasteiger charge is -2.07. The fourth-order valence-electron chi connectivity index (χ4n) is 1.86. The number of aromatic amines is 1. The Morgan fingerprint density at radius 2 is 2.13 bits per heavy atom. The molecule has 1 aromatic carbocycles. The van der Waals surface area contributed by atoms with Gasteiger partial charge in [0, 0.05) is 6.07 Å². The van der Waals surface area contributed by atoms with Gasteiger partial charge >= 0.3 is 0 Å². The number of ether oxygens (including phenoxy) is 2. The van der Waals surface area contributed by atoms with Crippen LogP contribution >= 0.6 is 11.8 Å². The molecule has 0 saturated heterocycles. The molecule has 0 saturated carbocycles. The minimum Gasteiger partial charge on any atom is -0.497 e. The van der Waals surface area contributed by atoms with Crippen LogP contribution < -0.4 is 15.2 Å². The molecule has 0 spiro atoms. The highest BCUT2D eigenvalue weighted by atomic mass is 32.2. The number of hydrogen-bond donors (Lipinski definition) is 2. The zero-order valence-corrected chi connectivity index (χ0v) is 13.3. The summed E-state index contributed by atoms with van der Waals surface area (Å²) in [7, 11) is 3.16. The van der Waals surface area contributed by atoms with Gasteiger partial charge in [-0.3, -0.25) is 0 Å². The SMILES string of the molecule is COc1ccc(-c2noc(CSc3n[nH]c(N)n3)n2)c(OC)c1. The number of thioether (sulfide) groups is 1. The summed E-state index contributed by atoms with van der Waals surface area (Å²) in [6.45, 7) is 0. The highest BCUT2D eigenvalue weighted by Gasteiger charge is 2.15. The smallest absolute Gasteiger partial charge is 0.237 e. The second-order valence-electron chi connectivity index (χ2n) is 4.37. The molecule has 0 aliphatic carbocycles. The average molecular weight is 334 g/mol. The van der Waals surface area contributed by atoms with E-state index in [9.17, 15) is 0 Å². The van der Waals surface area contributed by atoms with Gasteiger partial charge in [-0.15, -0.1) is 5.10 Å². The van der Waals surface area contributed by atoms with E-state index < -0.39 is 0 Å².